The van der Waals surface area contributed by atoms with E-state index in [0.29, 0.717) is 5.01 Å². The van der Waals surface area contributed by atoms with Gasteiger partial charge in [0.2, 0.25) is 0 Å². The Labute approximate surface area is 85.3 Å². The number of nitrogens with zero attached hydrogens (tertiary/aromatic N) is 3. The molecule has 0 fully saturated rings. The van der Waals surface area contributed by atoms with Gasteiger partial charge in [-0.3, -0.25) is 4.98 Å². The molecule has 2 rings (SSSR count). The Bertz CT molecular complexity index is 413. The summed E-state index contributed by atoms with van der Waals surface area (Å²) < 4.78 is 0. The van der Waals surface area contributed by atoms with Gasteiger partial charge in [-0.2, -0.15) is 0 Å². The predicted molar refractivity (Wildman–Crippen MR) is 53.8 cm³/mol. The number of hydrogen-bond donors (Lipinski definition) is 1. The van der Waals surface area contributed by atoms with Gasteiger partial charge in [-0.1, -0.05) is 17.4 Å². The van der Waals surface area contributed by atoms with Gasteiger partial charge in [0.15, 0.2) is 5.01 Å². The highest BCUT2D eigenvalue weighted by Crippen LogP contribution is 2.24. The molecule has 0 aliphatic rings. The summed E-state index contributed by atoms with van der Waals surface area (Å²) in [5.41, 5.74) is 0.789. The second-order valence-electron chi connectivity index (χ2n) is 2.84. The van der Waals surface area contributed by atoms with E-state index in [0.717, 1.165) is 10.7 Å². The van der Waals surface area contributed by atoms with Crippen LogP contribution < -0.4 is 0 Å². The average molecular weight is 207 g/mol. The average Bonchev–Trinajstić information content (AvgIpc) is 2.68. The van der Waals surface area contributed by atoms with Crippen LogP contribution in [-0.2, 0) is 0 Å². The van der Waals surface area contributed by atoms with Crippen LogP contribution in [0, 0.1) is 0 Å². The van der Waals surface area contributed by atoms with E-state index >= 15 is 0 Å². The zero-order valence-electron chi connectivity index (χ0n) is 7.58. The molecule has 0 amide bonds. The first-order valence-electron chi connectivity index (χ1n) is 4.20. The van der Waals surface area contributed by atoms with Gasteiger partial charge in [0.1, 0.15) is 16.8 Å². The van der Waals surface area contributed by atoms with Crippen LogP contribution in [0.5, 0.6) is 0 Å². The first-order valence-corrected chi connectivity index (χ1v) is 5.02. The van der Waals surface area contributed by atoms with Crippen molar-refractivity contribution in [2.24, 2.45) is 0 Å². The van der Waals surface area contributed by atoms with Gasteiger partial charge in [-0.25, -0.2) is 0 Å². The molecule has 0 aromatic carbocycles. The molecule has 72 valence electrons. The molecule has 0 radical (unpaired) electrons. The molecule has 1 atom stereocenters. The number of aromatic nitrogens is 3. The van der Waals surface area contributed by atoms with E-state index in [1.54, 1.807) is 13.1 Å². The Hall–Kier alpha value is -1.33. The third-order valence-corrected chi connectivity index (χ3v) is 2.80. The third-order valence-electron chi connectivity index (χ3n) is 1.68. The maximum absolute atomic E-state index is 9.27. The van der Waals surface area contributed by atoms with Crippen LogP contribution in [0.25, 0.3) is 10.7 Å². The van der Waals surface area contributed by atoms with Crippen molar-refractivity contribution in [2.45, 2.75) is 13.0 Å². The summed E-state index contributed by atoms with van der Waals surface area (Å²) in [5.74, 6) is 0. The third kappa shape index (κ3) is 1.78. The highest BCUT2D eigenvalue weighted by atomic mass is 32.1. The van der Waals surface area contributed by atoms with E-state index in [1.807, 2.05) is 18.2 Å². The van der Waals surface area contributed by atoms with Crippen molar-refractivity contribution in [2.75, 3.05) is 0 Å². The normalized spacial score (nSPS) is 12.7. The summed E-state index contributed by atoms with van der Waals surface area (Å²) in [4.78, 5) is 4.15. The number of aliphatic hydroxyl groups excluding tert-OH is 1. The summed E-state index contributed by atoms with van der Waals surface area (Å²) in [5, 5.41) is 18.4. The largest absolute Gasteiger partial charge is 0.386 e. The minimum atomic E-state index is -0.565. The minimum absolute atomic E-state index is 0.565. The molecule has 0 bridgehead atoms. The quantitative estimate of drug-likeness (QED) is 0.813. The smallest absolute Gasteiger partial charge is 0.166 e. The molecule has 0 saturated carbocycles. The van der Waals surface area contributed by atoms with Crippen LogP contribution in [0.4, 0.5) is 0 Å². The van der Waals surface area contributed by atoms with Crippen molar-refractivity contribution < 1.29 is 5.11 Å². The van der Waals surface area contributed by atoms with E-state index in [-0.39, 0.29) is 0 Å². The maximum Gasteiger partial charge on any atom is 0.166 e. The Kier molecular flexibility index (Phi) is 2.51. The van der Waals surface area contributed by atoms with Crippen LogP contribution in [0.1, 0.15) is 18.0 Å². The number of pyridine rings is 1. The Morgan fingerprint density at radius 1 is 1.36 bits per heavy atom. The molecular weight excluding hydrogens is 198 g/mol. The molecule has 2 heterocycles. The lowest BCUT2D eigenvalue weighted by Gasteiger charge is -1.93. The van der Waals surface area contributed by atoms with Crippen LogP contribution >= 0.6 is 11.3 Å². The Balaban J connectivity index is 2.34. The molecule has 0 unspecified atom stereocenters. The van der Waals surface area contributed by atoms with E-state index < -0.39 is 6.10 Å². The van der Waals surface area contributed by atoms with Gasteiger partial charge in [-0.05, 0) is 19.1 Å². The van der Waals surface area contributed by atoms with Gasteiger partial charge in [0.25, 0.3) is 0 Å². The summed E-state index contributed by atoms with van der Waals surface area (Å²) in [6, 6.07) is 5.61. The van der Waals surface area contributed by atoms with E-state index in [9.17, 15) is 5.11 Å². The van der Waals surface area contributed by atoms with Crippen molar-refractivity contribution in [3.8, 4) is 10.7 Å². The molecule has 4 nitrogen and oxygen atoms in total. The first-order chi connectivity index (χ1) is 6.77. The van der Waals surface area contributed by atoms with Crippen molar-refractivity contribution in [3.63, 3.8) is 0 Å². The molecule has 0 spiro atoms. The number of hydrogen-bond acceptors (Lipinski definition) is 5. The lowest BCUT2D eigenvalue weighted by Crippen LogP contribution is -1.88. The number of rotatable bonds is 2. The molecule has 5 heteroatoms. The Morgan fingerprint density at radius 3 is 2.79 bits per heavy atom. The lowest BCUT2D eigenvalue weighted by atomic mass is 10.4. The predicted octanol–water partition coefficient (Wildman–Crippen LogP) is 1.65. The van der Waals surface area contributed by atoms with E-state index in [1.165, 1.54) is 11.3 Å². The Morgan fingerprint density at radius 2 is 2.21 bits per heavy atom. The summed E-state index contributed by atoms with van der Waals surface area (Å²) in [7, 11) is 0. The van der Waals surface area contributed by atoms with Crippen LogP contribution in [0.15, 0.2) is 24.4 Å². The lowest BCUT2D eigenvalue weighted by molar-refractivity contribution is 0.198. The van der Waals surface area contributed by atoms with Gasteiger partial charge in [0, 0.05) is 6.20 Å². The van der Waals surface area contributed by atoms with Crippen LogP contribution in [0.3, 0.4) is 0 Å². The zero-order chi connectivity index (χ0) is 9.97. The summed E-state index contributed by atoms with van der Waals surface area (Å²) >= 11 is 1.36. The fraction of sp³-hybridized carbons (Fsp3) is 0.222. The highest BCUT2D eigenvalue weighted by molar-refractivity contribution is 7.14. The van der Waals surface area contributed by atoms with Crippen molar-refractivity contribution >= 4 is 11.3 Å². The SMILES string of the molecule is C[C@@H](O)c1nnc(-c2ccccn2)s1. The standard InChI is InChI=1S/C9H9N3OS/c1-6(13)8-11-12-9(14-8)7-4-2-3-5-10-7/h2-6,13H,1H3/t6-/m1/s1. The molecule has 1 N–H and O–H groups in total. The molecule has 14 heavy (non-hydrogen) atoms. The van der Waals surface area contributed by atoms with Crippen molar-refractivity contribution in [3.05, 3.63) is 29.4 Å². The van der Waals surface area contributed by atoms with Crippen molar-refractivity contribution in [1.29, 1.82) is 0 Å². The highest BCUT2D eigenvalue weighted by Gasteiger charge is 2.10. The number of aliphatic hydroxyl groups is 1. The fourth-order valence-corrected chi connectivity index (χ4v) is 1.75. The molecule has 2 aromatic heterocycles. The summed E-state index contributed by atoms with van der Waals surface area (Å²) in [6.45, 7) is 1.67. The van der Waals surface area contributed by atoms with Crippen molar-refractivity contribution in [1.82, 2.24) is 15.2 Å². The first kappa shape index (κ1) is 9.23. The maximum atomic E-state index is 9.27. The van der Waals surface area contributed by atoms with Gasteiger partial charge in [0.05, 0.1) is 0 Å². The van der Waals surface area contributed by atoms with Gasteiger partial charge >= 0.3 is 0 Å². The second kappa shape index (κ2) is 3.81. The van der Waals surface area contributed by atoms with Gasteiger partial charge < -0.3 is 5.11 Å². The minimum Gasteiger partial charge on any atom is -0.386 e. The second-order valence-corrected chi connectivity index (χ2v) is 3.85. The molecule has 2 aromatic rings. The molecular formula is C9H9N3OS. The van der Waals surface area contributed by atoms with E-state index in [2.05, 4.69) is 15.2 Å². The fourth-order valence-electron chi connectivity index (χ4n) is 0.996. The topological polar surface area (TPSA) is 58.9 Å². The zero-order valence-corrected chi connectivity index (χ0v) is 8.40. The summed E-state index contributed by atoms with van der Waals surface area (Å²) in [6.07, 6.45) is 1.14. The van der Waals surface area contributed by atoms with E-state index in [4.69, 9.17) is 0 Å². The monoisotopic (exact) mass is 207 g/mol. The molecule has 0 aliphatic carbocycles. The van der Waals surface area contributed by atoms with Gasteiger partial charge in [-0.15, -0.1) is 10.2 Å². The van der Waals surface area contributed by atoms with Crippen LogP contribution in [-0.4, -0.2) is 20.3 Å². The molecule has 0 saturated heterocycles. The molecule has 0 aliphatic heterocycles. The van der Waals surface area contributed by atoms with Crippen LogP contribution in [0.2, 0.25) is 0 Å².